The zero-order chi connectivity index (χ0) is 12.7. The topological polar surface area (TPSA) is 50.2 Å². The molecule has 2 aromatic rings. The number of hydrogen-bond donors (Lipinski definition) is 1. The fourth-order valence-corrected chi connectivity index (χ4v) is 3.19. The van der Waals surface area contributed by atoms with E-state index in [2.05, 4.69) is 4.98 Å². The minimum Gasteiger partial charge on any atom is -0.476 e. The number of carbonyl (C=O) groups is 1. The molecule has 0 unspecified atom stereocenters. The number of aromatic nitrogens is 1. The third-order valence-electron chi connectivity index (χ3n) is 3.05. The smallest absolute Gasteiger partial charge is 0.356 e. The Morgan fingerprint density at radius 1 is 1.44 bits per heavy atom. The summed E-state index contributed by atoms with van der Waals surface area (Å²) in [7, 11) is 0. The number of aromatic carboxylic acids is 1. The molecule has 1 saturated carbocycles. The average molecular weight is 259 g/mol. The van der Waals surface area contributed by atoms with Gasteiger partial charge in [-0.15, -0.1) is 11.3 Å². The maximum Gasteiger partial charge on any atom is 0.356 e. The average Bonchev–Trinajstić information content (AvgIpc) is 3.08. The number of benzene rings is 1. The highest BCUT2D eigenvalue weighted by molar-refractivity contribution is 7.15. The molecule has 1 aromatic heterocycles. The lowest BCUT2D eigenvalue weighted by Crippen LogP contribution is -1.99. The zero-order valence-electron chi connectivity index (χ0n) is 10.0. The minimum atomic E-state index is -0.936. The SMILES string of the molecule is Cc1cccc(-c2sc(C3CC3)nc2C(=O)O)c1. The highest BCUT2D eigenvalue weighted by atomic mass is 32.1. The van der Waals surface area contributed by atoms with Crippen LogP contribution in [0.3, 0.4) is 0 Å². The molecule has 0 bridgehead atoms. The number of hydrogen-bond acceptors (Lipinski definition) is 3. The van der Waals surface area contributed by atoms with E-state index >= 15 is 0 Å². The molecule has 4 heteroatoms. The van der Waals surface area contributed by atoms with Crippen LogP contribution in [-0.4, -0.2) is 16.1 Å². The van der Waals surface area contributed by atoms with Crippen LogP contribution in [0.1, 0.15) is 39.8 Å². The van der Waals surface area contributed by atoms with Gasteiger partial charge in [0.25, 0.3) is 0 Å². The first-order valence-corrected chi connectivity index (χ1v) is 6.78. The van der Waals surface area contributed by atoms with Crippen molar-refractivity contribution in [2.75, 3.05) is 0 Å². The molecule has 0 atom stereocenters. The maximum absolute atomic E-state index is 11.3. The van der Waals surface area contributed by atoms with Gasteiger partial charge >= 0.3 is 5.97 Å². The summed E-state index contributed by atoms with van der Waals surface area (Å²) in [6, 6.07) is 7.92. The fraction of sp³-hybridized carbons (Fsp3) is 0.286. The van der Waals surface area contributed by atoms with Gasteiger partial charge in [-0.2, -0.15) is 0 Å². The Balaban J connectivity index is 2.11. The van der Waals surface area contributed by atoms with E-state index in [-0.39, 0.29) is 5.69 Å². The molecule has 3 rings (SSSR count). The number of nitrogens with zero attached hydrogens (tertiary/aromatic N) is 1. The highest BCUT2D eigenvalue weighted by Gasteiger charge is 2.30. The molecule has 1 heterocycles. The van der Waals surface area contributed by atoms with Crippen molar-refractivity contribution in [2.24, 2.45) is 0 Å². The summed E-state index contributed by atoms with van der Waals surface area (Å²) in [5.74, 6) is -0.443. The van der Waals surface area contributed by atoms with Crippen molar-refractivity contribution in [2.45, 2.75) is 25.7 Å². The van der Waals surface area contributed by atoms with E-state index in [1.54, 1.807) is 0 Å². The normalized spacial score (nSPS) is 14.7. The second-order valence-corrected chi connectivity index (χ2v) is 5.71. The largest absolute Gasteiger partial charge is 0.476 e. The van der Waals surface area contributed by atoms with Crippen LogP contribution in [0.5, 0.6) is 0 Å². The van der Waals surface area contributed by atoms with Gasteiger partial charge < -0.3 is 5.11 Å². The van der Waals surface area contributed by atoms with Gasteiger partial charge in [-0.05, 0) is 25.3 Å². The van der Waals surface area contributed by atoms with Gasteiger partial charge in [0, 0.05) is 5.92 Å². The molecule has 1 fully saturated rings. The van der Waals surface area contributed by atoms with Gasteiger partial charge in [0.05, 0.1) is 9.88 Å². The Morgan fingerprint density at radius 3 is 2.83 bits per heavy atom. The van der Waals surface area contributed by atoms with Crippen LogP contribution < -0.4 is 0 Å². The number of carboxylic acids is 1. The lowest BCUT2D eigenvalue weighted by molar-refractivity contribution is 0.0692. The predicted molar refractivity (Wildman–Crippen MR) is 71.2 cm³/mol. The van der Waals surface area contributed by atoms with Crippen molar-refractivity contribution >= 4 is 17.3 Å². The maximum atomic E-state index is 11.3. The van der Waals surface area contributed by atoms with Gasteiger partial charge in [-0.1, -0.05) is 29.8 Å². The van der Waals surface area contributed by atoms with Crippen LogP contribution in [0.4, 0.5) is 0 Å². The summed E-state index contributed by atoms with van der Waals surface area (Å²) in [6.07, 6.45) is 2.28. The van der Waals surface area contributed by atoms with Crippen LogP contribution in [0, 0.1) is 6.92 Å². The van der Waals surface area contributed by atoms with E-state index in [9.17, 15) is 9.90 Å². The predicted octanol–water partition coefficient (Wildman–Crippen LogP) is 3.69. The van der Waals surface area contributed by atoms with E-state index in [0.29, 0.717) is 5.92 Å². The Hall–Kier alpha value is -1.68. The van der Waals surface area contributed by atoms with Crippen LogP contribution in [0.2, 0.25) is 0 Å². The van der Waals surface area contributed by atoms with Crippen LogP contribution in [0.25, 0.3) is 10.4 Å². The van der Waals surface area contributed by atoms with Crippen molar-refractivity contribution in [3.8, 4) is 10.4 Å². The molecule has 3 nitrogen and oxygen atoms in total. The second-order valence-electron chi connectivity index (χ2n) is 4.68. The molecule has 1 aliphatic rings. The van der Waals surface area contributed by atoms with Crippen molar-refractivity contribution in [1.29, 1.82) is 0 Å². The first-order chi connectivity index (χ1) is 8.65. The number of rotatable bonds is 3. The second kappa shape index (κ2) is 4.21. The van der Waals surface area contributed by atoms with Crippen LogP contribution in [-0.2, 0) is 0 Å². The highest BCUT2D eigenvalue weighted by Crippen LogP contribution is 2.44. The number of carboxylic acid groups (broad SMARTS) is 1. The first kappa shape index (κ1) is 11.4. The summed E-state index contributed by atoms with van der Waals surface area (Å²) >= 11 is 1.53. The van der Waals surface area contributed by atoms with Crippen LogP contribution in [0.15, 0.2) is 24.3 Å². The molecule has 0 aliphatic heterocycles. The van der Waals surface area contributed by atoms with Gasteiger partial charge in [-0.25, -0.2) is 9.78 Å². The quantitative estimate of drug-likeness (QED) is 0.914. The third-order valence-corrected chi connectivity index (χ3v) is 4.32. The lowest BCUT2D eigenvalue weighted by atomic mass is 10.1. The Labute approximate surface area is 109 Å². The van der Waals surface area contributed by atoms with Crippen molar-refractivity contribution in [1.82, 2.24) is 4.98 Å². The van der Waals surface area contributed by atoms with Gasteiger partial charge in [-0.3, -0.25) is 0 Å². The monoisotopic (exact) mass is 259 g/mol. The standard InChI is InChI=1S/C14H13NO2S/c1-8-3-2-4-10(7-8)12-11(14(16)17)15-13(18-12)9-5-6-9/h2-4,7,9H,5-6H2,1H3,(H,16,17). The van der Waals surface area contributed by atoms with E-state index < -0.39 is 5.97 Å². The molecule has 1 N–H and O–H groups in total. The Morgan fingerprint density at radius 2 is 2.22 bits per heavy atom. The van der Waals surface area contributed by atoms with Gasteiger partial charge in [0.1, 0.15) is 0 Å². The summed E-state index contributed by atoms with van der Waals surface area (Å²) in [5, 5.41) is 10.2. The van der Waals surface area contributed by atoms with Gasteiger partial charge in [0.2, 0.25) is 0 Å². The first-order valence-electron chi connectivity index (χ1n) is 5.96. The zero-order valence-corrected chi connectivity index (χ0v) is 10.8. The molecule has 92 valence electrons. The fourth-order valence-electron chi connectivity index (χ4n) is 1.97. The third kappa shape index (κ3) is 2.04. The molecule has 1 aliphatic carbocycles. The van der Waals surface area contributed by atoms with E-state index in [4.69, 9.17) is 0 Å². The molecular weight excluding hydrogens is 246 g/mol. The van der Waals surface area contributed by atoms with Crippen molar-refractivity contribution < 1.29 is 9.90 Å². The molecule has 0 amide bonds. The van der Waals surface area contributed by atoms with E-state index in [1.165, 1.54) is 11.3 Å². The summed E-state index contributed by atoms with van der Waals surface area (Å²) in [4.78, 5) is 16.4. The minimum absolute atomic E-state index is 0.201. The van der Waals surface area contributed by atoms with Crippen molar-refractivity contribution in [3.05, 3.63) is 40.5 Å². The summed E-state index contributed by atoms with van der Waals surface area (Å²) < 4.78 is 0. The molecule has 0 radical (unpaired) electrons. The molecular formula is C14H13NO2S. The molecule has 0 spiro atoms. The van der Waals surface area contributed by atoms with Crippen molar-refractivity contribution in [3.63, 3.8) is 0 Å². The molecule has 1 aromatic carbocycles. The van der Waals surface area contributed by atoms with E-state index in [1.807, 2.05) is 31.2 Å². The number of aryl methyl sites for hydroxylation is 1. The number of thiazole rings is 1. The van der Waals surface area contributed by atoms with Gasteiger partial charge in [0.15, 0.2) is 5.69 Å². The summed E-state index contributed by atoms with van der Waals surface area (Å²) in [5.41, 5.74) is 2.29. The lowest BCUT2D eigenvalue weighted by Gasteiger charge is -2.00. The Bertz CT molecular complexity index is 614. The summed E-state index contributed by atoms with van der Waals surface area (Å²) in [6.45, 7) is 2.01. The van der Waals surface area contributed by atoms with E-state index in [0.717, 1.165) is 33.9 Å². The Kier molecular flexibility index (Phi) is 2.67. The molecule has 0 saturated heterocycles. The molecule has 18 heavy (non-hydrogen) atoms. The van der Waals surface area contributed by atoms with Crippen LogP contribution >= 0.6 is 11.3 Å².